The van der Waals surface area contributed by atoms with Gasteiger partial charge in [0.2, 0.25) is 5.91 Å². The molecule has 26 heavy (non-hydrogen) atoms. The minimum atomic E-state index is -0.437. The maximum Gasteiger partial charge on any atom is 0.337 e. The van der Waals surface area contributed by atoms with E-state index in [4.69, 9.17) is 10.5 Å². The van der Waals surface area contributed by atoms with Gasteiger partial charge >= 0.3 is 11.7 Å². The first-order chi connectivity index (χ1) is 12.5. The Hall–Kier alpha value is -2.57. The highest BCUT2D eigenvalue weighted by molar-refractivity contribution is 5.93. The van der Waals surface area contributed by atoms with E-state index in [1.54, 1.807) is 16.7 Å². The molecule has 3 rings (SSSR count). The zero-order valence-electron chi connectivity index (χ0n) is 15.1. The van der Waals surface area contributed by atoms with Crippen LogP contribution in [0.2, 0.25) is 0 Å². The number of aryl methyl sites for hydroxylation is 1. The first kappa shape index (κ1) is 18.2. The van der Waals surface area contributed by atoms with E-state index in [-0.39, 0.29) is 24.1 Å². The third-order valence-corrected chi connectivity index (χ3v) is 5.13. The van der Waals surface area contributed by atoms with Crippen molar-refractivity contribution in [3.63, 3.8) is 0 Å². The van der Waals surface area contributed by atoms with Gasteiger partial charge in [-0.2, -0.15) is 0 Å². The molecule has 0 radical (unpaired) electrons. The Balaban J connectivity index is 2.08. The van der Waals surface area contributed by atoms with Gasteiger partial charge in [0.15, 0.2) is 0 Å². The highest BCUT2D eigenvalue weighted by Crippen LogP contribution is 2.30. The SMILES string of the molecule is COC(=O)c1ccc2c(c1)n(CCCC(N)=O)c(=O)n2C1CCCCC1. The maximum absolute atomic E-state index is 13.1. The summed E-state index contributed by atoms with van der Waals surface area (Å²) in [5.41, 5.74) is 7.07. The molecule has 0 aliphatic heterocycles. The van der Waals surface area contributed by atoms with Crippen LogP contribution >= 0.6 is 0 Å². The van der Waals surface area contributed by atoms with Crippen LogP contribution in [-0.4, -0.2) is 28.1 Å². The van der Waals surface area contributed by atoms with Gasteiger partial charge in [0.25, 0.3) is 0 Å². The van der Waals surface area contributed by atoms with Gasteiger partial charge in [0.1, 0.15) is 0 Å². The molecule has 1 aromatic heterocycles. The highest BCUT2D eigenvalue weighted by Gasteiger charge is 2.23. The van der Waals surface area contributed by atoms with Crippen molar-refractivity contribution in [3.05, 3.63) is 34.2 Å². The Morgan fingerprint density at radius 1 is 1.19 bits per heavy atom. The number of methoxy groups -OCH3 is 1. The number of ether oxygens (including phenoxy) is 1. The lowest BCUT2D eigenvalue weighted by Gasteiger charge is -2.23. The van der Waals surface area contributed by atoms with E-state index in [9.17, 15) is 14.4 Å². The van der Waals surface area contributed by atoms with Crippen LogP contribution in [-0.2, 0) is 16.1 Å². The number of hydrogen-bond donors (Lipinski definition) is 1. The number of fused-ring (bicyclic) bond motifs is 1. The number of carbonyl (C=O) groups excluding carboxylic acids is 2. The molecule has 1 amide bonds. The van der Waals surface area contributed by atoms with Gasteiger partial charge in [-0.3, -0.25) is 13.9 Å². The summed E-state index contributed by atoms with van der Waals surface area (Å²) in [6.45, 7) is 0.391. The van der Waals surface area contributed by atoms with Gasteiger partial charge < -0.3 is 10.5 Å². The summed E-state index contributed by atoms with van der Waals surface area (Å²) >= 11 is 0. The number of esters is 1. The molecule has 0 spiro atoms. The summed E-state index contributed by atoms with van der Waals surface area (Å²) in [4.78, 5) is 36.0. The molecule has 2 aromatic rings. The fourth-order valence-corrected chi connectivity index (χ4v) is 3.84. The number of nitrogens with zero attached hydrogens (tertiary/aromatic N) is 2. The van der Waals surface area contributed by atoms with E-state index in [2.05, 4.69) is 0 Å². The highest BCUT2D eigenvalue weighted by atomic mass is 16.5. The van der Waals surface area contributed by atoms with Crippen LogP contribution < -0.4 is 11.4 Å². The Morgan fingerprint density at radius 2 is 1.92 bits per heavy atom. The van der Waals surface area contributed by atoms with Crippen molar-refractivity contribution in [3.8, 4) is 0 Å². The standard InChI is InChI=1S/C19H25N3O4/c1-26-18(24)13-9-10-15-16(12-13)21(11-5-8-17(20)23)19(25)22(15)14-6-3-2-4-7-14/h9-10,12,14H,2-8,11H2,1H3,(H2,20,23). The molecule has 2 N–H and O–H groups in total. The van der Waals surface area contributed by atoms with Crippen LogP contribution in [0, 0.1) is 0 Å². The molecule has 1 aliphatic carbocycles. The van der Waals surface area contributed by atoms with Gasteiger partial charge in [0.05, 0.1) is 23.7 Å². The van der Waals surface area contributed by atoms with Crippen LogP contribution in [0.3, 0.4) is 0 Å². The summed E-state index contributed by atoms with van der Waals surface area (Å²) in [6.07, 6.45) is 6.12. The number of nitrogens with two attached hydrogens (primary N) is 1. The van der Waals surface area contributed by atoms with E-state index < -0.39 is 5.97 Å². The van der Waals surface area contributed by atoms with E-state index in [0.29, 0.717) is 24.0 Å². The molecule has 7 nitrogen and oxygen atoms in total. The minimum absolute atomic E-state index is 0.0848. The Morgan fingerprint density at radius 3 is 2.58 bits per heavy atom. The second kappa shape index (κ2) is 7.76. The summed E-state index contributed by atoms with van der Waals surface area (Å²) in [5, 5.41) is 0. The minimum Gasteiger partial charge on any atom is -0.465 e. The Kier molecular flexibility index (Phi) is 5.44. The molecule has 0 saturated heterocycles. The van der Waals surface area contributed by atoms with Crippen molar-refractivity contribution in [1.29, 1.82) is 0 Å². The first-order valence-electron chi connectivity index (χ1n) is 9.14. The summed E-state index contributed by atoms with van der Waals surface area (Å²) in [7, 11) is 1.33. The molecule has 1 fully saturated rings. The van der Waals surface area contributed by atoms with Crippen LogP contribution in [0.15, 0.2) is 23.0 Å². The molecular formula is C19H25N3O4. The largest absolute Gasteiger partial charge is 0.465 e. The first-order valence-corrected chi connectivity index (χ1v) is 9.14. The number of amides is 1. The monoisotopic (exact) mass is 359 g/mol. The molecular weight excluding hydrogens is 334 g/mol. The van der Waals surface area contributed by atoms with Crippen molar-refractivity contribution in [2.75, 3.05) is 7.11 Å². The molecule has 1 aromatic carbocycles. The van der Waals surface area contributed by atoms with Crippen LogP contribution in [0.1, 0.15) is 61.3 Å². The van der Waals surface area contributed by atoms with Gasteiger partial charge in [-0.1, -0.05) is 19.3 Å². The fraction of sp³-hybridized carbons (Fsp3) is 0.526. The third kappa shape index (κ3) is 3.52. The van der Waals surface area contributed by atoms with E-state index in [0.717, 1.165) is 31.2 Å². The predicted octanol–water partition coefficient (Wildman–Crippen LogP) is 2.36. The molecule has 7 heteroatoms. The summed E-state index contributed by atoms with van der Waals surface area (Å²) in [6, 6.07) is 5.40. The normalized spacial score (nSPS) is 15.3. The quantitative estimate of drug-likeness (QED) is 0.801. The van der Waals surface area contributed by atoms with Crippen molar-refractivity contribution < 1.29 is 14.3 Å². The van der Waals surface area contributed by atoms with Crippen LogP contribution in [0.25, 0.3) is 11.0 Å². The van der Waals surface area contributed by atoms with Gasteiger partial charge in [0, 0.05) is 19.0 Å². The lowest BCUT2D eigenvalue weighted by Crippen LogP contribution is -2.29. The summed E-state index contributed by atoms with van der Waals surface area (Å²) < 4.78 is 8.31. The molecule has 140 valence electrons. The number of carbonyl (C=O) groups is 2. The van der Waals surface area contributed by atoms with Crippen molar-refractivity contribution in [1.82, 2.24) is 9.13 Å². The zero-order valence-corrected chi connectivity index (χ0v) is 15.1. The molecule has 1 heterocycles. The number of benzene rings is 1. The van der Waals surface area contributed by atoms with Crippen LogP contribution in [0.5, 0.6) is 0 Å². The number of rotatable bonds is 6. The van der Waals surface area contributed by atoms with E-state index >= 15 is 0 Å². The maximum atomic E-state index is 13.1. The van der Waals surface area contributed by atoms with E-state index in [1.807, 2.05) is 10.6 Å². The second-order valence-corrected chi connectivity index (χ2v) is 6.86. The predicted molar refractivity (Wildman–Crippen MR) is 98.1 cm³/mol. The van der Waals surface area contributed by atoms with Gasteiger partial charge in [-0.05, 0) is 37.5 Å². The van der Waals surface area contributed by atoms with Crippen molar-refractivity contribution in [2.24, 2.45) is 5.73 Å². The van der Waals surface area contributed by atoms with Crippen molar-refractivity contribution in [2.45, 2.75) is 57.5 Å². The third-order valence-electron chi connectivity index (χ3n) is 5.13. The number of primary amides is 1. The average Bonchev–Trinajstić information content (AvgIpc) is 2.92. The number of hydrogen-bond acceptors (Lipinski definition) is 4. The molecule has 0 atom stereocenters. The zero-order chi connectivity index (χ0) is 18.7. The molecule has 1 saturated carbocycles. The molecule has 1 aliphatic rings. The van der Waals surface area contributed by atoms with Gasteiger partial charge in [-0.25, -0.2) is 9.59 Å². The second-order valence-electron chi connectivity index (χ2n) is 6.86. The fourth-order valence-electron chi connectivity index (χ4n) is 3.84. The number of aromatic nitrogens is 2. The van der Waals surface area contributed by atoms with E-state index in [1.165, 1.54) is 13.5 Å². The van der Waals surface area contributed by atoms with Gasteiger partial charge in [-0.15, -0.1) is 0 Å². The molecule has 0 unspecified atom stereocenters. The summed E-state index contributed by atoms with van der Waals surface area (Å²) in [5.74, 6) is -0.822. The lowest BCUT2D eigenvalue weighted by atomic mass is 9.95. The Bertz CT molecular complexity index is 875. The lowest BCUT2D eigenvalue weighted by molar-refractivity contribution is -0.118. The molecule has 0 bridgehead atoms. The average molecular weight is 359 g/mol. The topological polar surface area (TPSA) is 96.3 Å². The smallest absolute Gasteiger partial charge is 0.337 e. The van der Waals surface area contributed by atoms with Crippen LogP contribution in [0.4, 0.5) is 0 Å². The number of imidazole rings is 1. The van der Waals surface area contributed by atoms with Crippen molar-refractivity contribution >= 4 is 22.9 Å². The Labute approximate surface area is 151 Å².